The van der Waals surface area contributed by atoms with E-state index in [4.69, 9.17) is 0 Å². The van der Waals surface area contributed by atoms with Gasteiger partial charge in [-0.2, -0.15) is 8.78 Å². The highest BCUT2D eigenvalue weighted by molar-refractivity contribution is 5.77. The van der Waals surface area contributed by atoms with Crippen LogP contribution in [0.15, 0.2) is 21.7 Å². The fourth-order valence-corrected chi connectivity index (χ4v) is 2.85. The zero-order chi connectivity index (χ0) is 19.0. The Bertz CT molecular complexity index is 1080. The number of hydrogen-bond donors (Lipinski definition) is 1. The molecule has 0 aliphatic carbocycles. The van der Waals surface area contributed by atoms with Gasteiger partial charge >= 0.3 is 12.3 Å². The summed E-state index contributed by atoms with van der Waals surface area (Å²) in [6.45, 7) is 2.78. The summed E-state index contributed by atoms with van der Waals surface area (Å²) in [5.74, 6) is 0.0255. The normalized spacial score (nSPS) is 11.5. The van der Waals surface area contributed by atoms with Gasteiger partial charge in [-0.1, -0.05) is 0 Å². The summed E-state index contributed by atoms with van der Waals surface area (Å²) >= 11 is 0. The van der Waals surface area contributed by atoms with E-state index in [9.17, 15) is 18.4 Å². The molecule has 0 aromatic carbocycles. The number of pyridine rings is 1. The van der Waals surface area contributed by atoms with E-state index in [0.717, 1.165) is 0 Å². The van der Waals surface area contributed by atoms with Gasteiger partial charge in [-0.05, 0) is 32.9 Å². The second-order valence-corrected chi connectivity index (χ2v) is 5.53. The Morgan fingerprint density at radius 3 is 2.46 bits per heavy atom. The minimum absolute atomic E-state index is 0.0813. The van der Waals surface area contributed by atoms with Crippen molar-refractivity contribution in [1.82, 2.24) is 24.1 Å². The molecular formula is C16H17F2N5O3. The molecule has 0 saturated carbocycles. The number of aryl methyl sites for hydroxylation is 3. The molecule has 3 heterocycles. The maximum atomic E-state index is 12.8. The molecule has 0 radical (unpaired) electrons. The van der Waals surface area contributed by atoms with Crippen LogP contribution >= 0.6 is 0 Å². The molecular weight excluding hydrogens is 348 g/mol. The predicted octanol–water partition coefficient (Wildman–Crippen LogP) is 1.90. The van der Waals surface area contributed by atoms with Gasteiger partial charge in [0, 0.05) is 18.8 Å². The molecule has 3 aromatic rings. The van der Waals surface area contributed by atoms with Crippen molar-refractivity contribution in [3.63, 3.8) is 0 Å². The third kappa shape index (κ3) is 2.87. The summed E-state index contributed by atoms with van der Waals surface area (Å²) in [5.41, 5.74) is -0.187. The average Bonchev–Trinajstić information content (AvgIpc) is 2.96. The second kappa shape index (κ2) is 6.70. The molecule has 0 aliphatic rings. The van der Waals surface area contributed by atoms with Gasteiger partial charge in [-0.15, -0.1) is 0 Å². The van der Waals surface area contributed by atoms with Crippen LogP contribution in [0.1, 0.15) is 19.5 Å². The number of nitrogens with zero attached hydrogens (tertiary/aromatic N) is 4. The van der Waals surface area contributed by atoms with Crippen LogP contribution in [0.2, 0.25) is 0 Å². The molecule has 10 heteroatoms. The van der Waals surface area contributed by atoms with Gasteiger partial charge in [-0.25, -0.2) is 14.8 Å². The zero-order valence-electron chi connectivity index (χ0n) is 14.4. The highest BCUT2D eigenvalue weighted by Crippen LogP contribution is 2.30. The number of halogens is 2. The number of fused-ring (bicyclic) bond motifs is 1. The number of alkyl halides is 2. The Kier molecular flexibility index (Phi) is 4.58. The highest BCUT2D eigenvalue weighted by atomic mass is 19.3. The van der Waals surface area contributed by atoms with Crippen molar-refractivity contribution in [3.05, 3.63) is 38.7 Å². The SMILES string of the molecule is CCn1c(-c2nc(C)ccc2OC(F)F)nc2c1c(=O)[nH]c(=O)n2CC. The fourth-order valence-electron chi connectivity index (χ4n) is 2.85. The van der Waals surface area contributed by atoms with Crippen LogP contribution in [0, 0.1) is 6.92 Å². The average molecular weight is 365 g/mol. The van der Waals surface area contributed by atoms with Crippen molar-refractivity contribution in [3.8, 4) is 17.3 Å². The molecule has 0 atom stereocenters. The van der Waals surface area contributed by atoms with E-state index in [1.165, 1.54) is 21.3 Å². The van der Waals surface area contributed by atoms with Crippen molar-refractivity contribution >= 4 is 11.2 Å². The molecule has 26 heavy (non-hydrogen) atoms. The molecule has 3 aromatic heterocycles. The molecule has 0 amide bonds. The first-order valence-corrected chi connectivity index (χ1v) is 8.03. The Morgan fingerprint density at radius 1 is 1.15 bits per heavy atom. The molecule has 0 fully saturated rings. The number of rotatable bonds is 5. The summed E-state index contributed by atoms with van der Waals surface area (Å²) in [6, 6.07) is 2.91. The van der Waals surface area contributed by atoms with Crippen LogP contribution < -0.4 is 16.0 Å². The van der Waals surface area contributed by atoms with Gasteiger partial charge in [0.05, 0.1) is 0 Å². The highest BCUT2D eigenvalue weighted by Gasteiger charge is 2.23. The first-order chi connectivity index (χ1) is 12.4. The van der Waals surface area contributed by atoms with Crippen molar-refractivity contribution in [2.24, 2.45) is 0 Å². The third-order valence-corrected chi connectivity index (χ3v) is 3.94. The summed E-state index contributed by atoms with van der Waals surface area (Å²) < 4.78 is 32.9. The Hall–Kier alpha value is -3.04. The molecule has 0 saturated heterocycles. The lowest BCUT2D eigenvalue weighted by molar-refractivity contribution is -0.0496. The van der Waals surface area contributed by atoms with Crippen LogP contribution in [0.5, 0.6) is 5.75 Å². The van der Waals surface area contributed by atoms with Gasteiger partial charge in [0.1, 0.15) is 5.69 Å². The smallest absolute Gasteiger partial charge is 0.387 e. The summed E-state index contributed by atoms with van der Waals surface area (Å²) in [5, 5.41) is 0. The van der Waals surface area contributed by atoms with E-state index < -0.39 is 17.9 Å². The lowest BCUT2D eigenvalue weighted by Crippen LogP contribution is -2.30. The number of imidazole rings is 1. The lowest BCUT2D eigenvalue weighted by Gasteiger charge is -2.11. The zero-order valence-corrected chi connectivity index (χ0v) is 14.4. The number of nitrogens with one attached hydrogen (secondary N) is 1. The van der Waals surface area contributed by atoms with E-state index in [-0.39, 0.29) is 35.0 Å². The molecule has 138 valence electrons. The van der Waals surface area contributed by atoms with Crippen molar-refractivity contribution in [2.75, 3.05) is 0 Å². The first-order valence-electron chi connectivity index (χ1n) is 8.03. The van der Waals surface area contributed by atoms with Crippen LogP contribution in [-0.4, -0.2) is 30.7 Å². The standard InChI is InChI=1S/C16H17F2N5O3/c1-4-22-11-13(23(5-2)16(25)21-14(11)24)20-12(22)10-9(26-15(17)18)7-6-8(3)19-10/h6-7,15H,4-5H2,1-3H3,(H,21,24,25). The number of aromatic nitrogens is 5. The van der Waals surface area contributed by atoms with E-state index in [2.05, 4.69) is 19.7 Å². The molecule has 8 nitrogen and oxygen atoms in total. The lowest BCUT2D eigenvalue weighted by atomic mass is 10.2. The van der Waals surface area contributed by atoms with E-state index in [1.807, 2.05) is 0 Å². The predicted molar refractivity (Wildman–Crippen MR) is 90.6 cm³/mol. The number of hydrogen-bond acceptors (Lipinski definition) is 5. The molecule has 0 aliphatic heterocycles. The largest absolute Gasteiger partial charge is 0.432 e. The topological polar surface area (TPSA) is 94.8 Å². The van der Waals surface area contributed by atoms with Gasteiger partial charge in [0.15, 0.2) is 22.7 Å². The quantitative estimate of drug-likeness (QED) is 0.745. The van der Waals surface area contributed by atoms with Gasteiger partial charge in [0.2, 0.25) is 0 Å². The van der Waals surface area contributed by atoms with Crippen LogP contribution in [0.4, 0.5) is 8.78 Å². The van der Waals surface area contributed by atoms with Gasteiger partial charge in [-0.3, -0.25) is 14.3 Å². The summed E-state index contributed by atoms with van der Waals surface area (Å²) in [4.78, 5) is 35.2. The minimum Gasteiger partial charge on any atom is -0.432 e. The monoisotopic (exact) mass is 365 g/mol. The fraction of sp³-hybridized carbons (Fsp3) is 0.375. The van der Waals surface area contributed by atoms with Crippen LogP contribution in [-0.2, 0) is 13.1 Å². The Morgan fingerprint density at radius 2 is 1.85 bits per heavy atom. The number of H-pyrrole nitrogens is 1. The Balaban J connectivity index is 2.40. The maximum Gasteiger partial charge on any atom is 0.387 e. The molecule has 3 rings (SSSR count). The van der Waals surface area contributed by atoms with Crippen LogP contribution in [0.25, 0.3) is 22.7 Å². The van der Waals surface area contributed by atoms with Crippen LogP contribution in [0.3, 0.4) is 0 Å². The van der Waals surface area contributed by atoms with Crippen molar-refractivity contribution in [2.45, 2.75) is 40.5 Å². The number of ether oxygens (including phenoxy) is 1. The molecule has 0 spiro atoms. The maximum absolute atomic E-state index is 12.8. The second-order valence-electron chi connectivity index (χ2n) is 5.53. The Labute approximate surface area is 146 Å². The van der Waals surface area contributed by atoms with Gasteiger partial charge in [0.25, 0.3) is 5.56 Å². The van der Waals surface area contributed by atoms with E-state index >= 15 is 0 Å². The van der Waals surface area contributed by atoms with Crippen molar-refractivity contribution in [1.29, 1.82) is 0 Å². The molecule has 0 unspecified atom stereocenters. The minimum atomic E-state index is -3.03. The molecule has 0 bridgehead atoms. The van der Waals surface area contributed by atoms with E-state index in [0.29, 0.717) is 12.2 Å². The van der Waals surface area contributed by atoms with E-state index in [1.54, 1.807) is 20.8 Å². The number of aromatic amines is 1. The summed E-state index contributed by atoms with van der Waals surface area (Å²) in [6.07, 6.45) is 0. The van der Waals surface area contributed by atoms with Gasteiger partial charge < -0.3 is 9.30 Å². The first kappa shape index (κ1) is 17.8. The summed E-state index contributed by atoms with van der Waals surface area (Å²) in [7, 11) is 0. The third-order valence-electron chi connectivity index (χ3n) is 3.94. The molecule has 1 N–H and O–H groups in total. The van der Waals surface area contributed by atoms with Crippen molar-refractivity contribution < 1.29 is 13.5 Å².